The molecule has 0 aliphatic carbocycles. The molecular weight excluding hydrogens is 292 g/mol. The molecule has 0 atom stereocenters. The third kappa shape index (κ3) is 5.84. The summed E-state index contributed by atoms with van der Waals surface area (Å²) in [7, 11) is 0. The average Bonchev–Trinajstić information content (AvgIpc) is 2.54. The molecule has 1 aliphatic rings. The van der Waals surface area contributed by atoms with E-state index < -0.39 is 0 Å². The lowest BCUT2D eigenvalue weighted by molar-refractivity contribution is -0.908. The molecule has 1 aromatic carbocycles. The van der Waals surface area contributed by atoms with Crippen LogP contribution in [-0.2, 0) is 9.53 Å². The average molecular weight is 321 g/mol. The molecule has 5 nitrogen and oxygen atoms in total. The van der Waals surface area contributed by atoms with Crippen LogP contribution in [0.1, 0.15) is 23.1 Å². The van der Waals surface area contributed by atoms with E-state index in [0.717, 1.165) is 56.1 Å². The summed E-state index contributed by atoms with van der Waals surface area (Å²) < 4.78 is 11.0. The fourth-order valence-corrected chi connectivity index (χ4v) is 2.82. The zero-order chi connectivity index (χ0) is 16.7. The van der Waals surface area contributed by atoms with Crippen LogP contribution in [0.5, 0.6) is 5.75 Å². The van der Waals surface area contributed by atoms with Gasteiger partial charge in [-0.15, -0.1) is 0 Å². The molecule has 2 rings (SSSR count). The van der Waals surface area contributed by atoms with E-state index in [9.17, 15) is 4.79 Å². The zero-order valence-electron chi connectivity index (χ0n) is 14.5. The van der Waals surface area contributed by atoms with Gasteiger partial charge in [-0.3, -0.25) is 4.79 Å². The summed E-state index contributed by atoms with van der Waals surface area (Å²) in [6.45, 7) is 11.8. The Balaban J connectivity index is 1.65. The van der Waals surface area contributed by atoms with E-state index >= 15 is 0 Å². The Morgan fingerprint density at radius 2 is 2.00 bits per heavy atom. The Kier molecular flexibility index (Phi) is 6.86. The maximum atomic E-state index is 11.9. The predicted octanol–water partition coefficient (Wildman–Crippen LogP) is 0.412. The van der Waals surface area contributed by atoms with Crippen molar-refractivity contribution in [2.75, 3.05) is 46.0 Å². The van der Waals surface area contributed by atoms with E-state index in [1.165, 1.54) is 5.56 Å². The van der Waals surface area contributed by atoms with Crippen molar-refractivity contribution in [1.29, 1.82) is 0 Å². The quantitative estimate of drug-likeness (QED) is 0.716. The molecule has 0 bridgehead atoms. The van der Waals surface area contributed by atoms with Crippen LogP contribution in [0.2, 0.25) is 0 Å². The van der Waals surface area contributed by atoms with E-state index in [4.69, 9.17) is 9.47 Å². The minimum atomic E-state index is -0.0551. The highest BCUT2D eigenvalue weighted by Crippen LogP contribution is 2.23. The Labute approximate surface area is 139 Å². The largest absolute Gasteiger partial charge is 0.483 e. The van der Waals surface area contributed by atoms with Crippen LogP contribution in [0.15, 0.2) is 12.1 Å². The van der Waals surface area contributed by atoms with Gasteiger partial charge in [0.2, 0.25) is 0 Å². The number of quaternary nitrogens is 1. The second kappa shape index (κ2) is 8.89. The van der Waals surface area contributed by atoms with Gasteiger partial charge in [0.25, 0.3) is 5.91 Å². The van der Waals surface area contributed by atoms with E-state index in [2.05, 4.69) is 18.3 Å². The van der Waals surface area contributed by atoms with Crippen LogP contribution in [0.3, 0.4) is 0 Å². The SMILES string of the molecule is Cc1cc(C)c(C)c(OCC(=O)NCCC[NH+]2CCOCC2)c1. The normalized spacial score (nSPS) is 15.4. The number of aryl methyl sites for hydroxylation is 2. The number of carbonyl (C=O) groups is 1. The van der Waals surface area contributed by atoms with Crippen molar-refractivity contribution in [2.24, 2.45) is 0 Å². The molecule has 5 heteroatoms. The molecule has 0 spiro atoms. The van der Waals surface area contributed by atoms with Gasteiger partial charge in [-0.2, -0.15) is 0 Å². The Morgan fingerprint density at radius 3 is 2.74 bits per heavy atom. The smallest absolute Gasteiger partial charge is 0.257 e. The molecule has 1 saturated heterocycles. The summed E-state index contributed by atoms with van der Waals surface area (Å²) in [5, 5.41) is 2.93. The fraction of sp³-hybridized carbons (Fsp3) is 0.611. The Bertz CT molecular complexity index is 525. The first-order valence-electron chi connectivity index (χ1n) is 8.45. The van der Waals surface area contributed by atoms with Gasteiger partial charge in [0.15, 0.2) is 6.61 Å². The lowest BCUT2D eigenvalue weighted by Gasteiger charge is -2.23. The lowest BCUT2D eigenvalue weighted by Crippen LogP contribution is -3.14. The fourth-order valence-electron chi connectivity index (χ4n) is 2.82. The number of nitrogens with one attached hydrogen (secondary N) is 2. The first-order valence-corrected chi connectivity index (χ1v) is 8.45. The van der Waals surface area contributed by atoms with Crippen molar-refractivity contribution in [3.8, 4) is 5.75 Å². The standard InChI is InChI=1S/C18H28N2O3/c1-14-11-15(2)16(3)17(12-14)23-13-18(21)19-5-4-6-20-7-9-22-10-8-20/h11-12H,4-10,13H2,1-3H3,(H,19,21)/p+1. The number of hydrogen-bond acceptors (Lipinski definition) is 3. The van der Waals surface area contributed by atoms with Gasteiger partial charge in [0.1, 0.15) is 18.8 Å². The van der Waals surface area contributed by atoms with Gasteiger partial charge in [0.05, 0.1) is 19.8 Å². The number of carbonyl (C=O) groups excluding carboxylic acids is 1. The first kappa shape index (κ1) is 17.8. The second-order valence-electron chi connectivity index (χ2n) is 6.31. The number of hydrogen-bond donors (Lipinski definition) is 2. The number of ether oxygens (including phenoxy) is 2. The molecule has 1 amide bonds. The molecule has 0 saturated carbocycles. The summed E-state index contributed by atoms with van der Waals surface area (Å²) in [6.07, 6.45) is 0.990. The van der Waals surface area contributed by atoms with Crippen molar-refractivity contribution >= 4 is 5.91 Å². The molecule has 1 fully saturated rings. The summed E-state index contributed by atoms with van der Waals surface area (Å²) in [4.78, 5) is 13.4. The van der Waals surface area contributed by atoms with Crippen LogP contribution in [0.4, 0.5) is 0 Å². The summed E-state index contributed by atoms with van der Waals surface area (Å²) in [6, 6.07) is 4.10. The van der Waals surface area contributed by atoms with E-state index in [1.54, 1.807) is 4.90 Å². The number of amides is 1. The number of morpholine rings is 1. The molecule has 23 heavy (non-hydrogen) atoms. The van der Waals surface area contributed by atoms with Crippen LogP contribution in [-0.4, -0.2) is 51.9 Å². The highest BCUT2D eigenvalue weighted by atomic mass is 16.5. The van der Waals surface area contributed by atoms with Crippen LogP contribution >= 0.6 is 0 Å². The monoisotopic (exact) mass is 321 g/mol. The molecule has 1 aliphatic heterocycles. The van der Waals surface area contributed by atoms with Gasteiger partial charge in [-0.25, -0.2) is 0 Å². The lowest BCUT2D eigenvalue weighted by atomic mass is 10.1. The highest BCUT2D eigenvalue weighted by molar-refractivity contribution is 5.77. The van der Waals surface area contributed by atoms with Crippen molar-refractivity contribution < 1.29 is 19.2 Å². The Hall–Kier alpha value is -1.59. The van der Waals surface area contributed by atoms with Gasteiger partial charge in [-0.05, 0) is 43.5 Å². The minimum Gasteiger partial charge on any atom is -0.483 e. The number of rotatable bonds is 7. The third-order valence-electron chi connectivity index (χ3n) is 4.35. The molecule has 2 N–H and O–H groups in total. The maximum Gasteiger partial charge on any atom is 0.257 e. The summed E-state index contributed by atoms with van der Waals surface area (Å²) in [5.41, 5.74) is 3.44. The number of benzene rings is 1. The molecule has 0 unspecified atom stereocenters. The van der Waals surface area contributed by atoms with E-state index in [-0.39, 0.29) is 12.5 Å². The molecule has 1 aromatic rings. The van der Waals surface area contributed by atoms with Gasteiger partial charge >= 0.3 is 0 Å². The molecular formula is C18H29N2O3+. The first-order chi connectivity index (χ1) is 11.1. The third-order valence-corrected chi connectivity index (χ3v) is 4.35. The zero-order valence-corrected chi connectivity index (χ0v) is 14.5. The van der Waals surface area contributed by atoms with E-state index in [1.807, 2.05) is 19.9 Å². The maximum absolute atomic E-state index is 11.9. The topological polar surface area (TPSA) is 52.0 Å². The molecule has 128 valence electrons. The highest BCUT2D eigenvalue weighted by Gasteiger charge is 2.13. The second-order valence-corrected chi connectivity index (χ2v) is 6.31. The molecule has 0 radical (unpaired) electrons. The summed E-state index contributed by atoms with van der Waals surface area (Å²) in [5.74, 6) is 0.746. The van der Waals surface area contributed by atoms with Crippen molar-refractivity contribution in [1.82, 2.24) is 5.32 Å². The van der Waals surface area contributed by atoms with Gasteiger partial charge in [-0.1, -0.05) is 6.07 Å². The van der Waals surface area contributed by atoms with Crippen LogP contribution in [0.25, 0.3) is 0 Å². The van der Waals surface area contributed by atoms with Gasteiger partial charge in [0, 0.05) is 13.0 Å². The van der Waals surface area contributed by atoms with Crippen molar-refractivity contribution in [2.45, 2.75) is 27.2 Å². The van der Waals surface area contributed by atoms with Crippen LogP contribution < -0.4 is 15.0 Å². The minimum absolute atomic E-state index is 0.0551. The predicted molar refractivity (Wildman–Crippen MR) is 90.2 cm³/mol. The molecule has 1 heterocycles. The Morgan fingerprint density at radius 1 is 1.26 bits per heavy atom. The van der Waals surface area contributed by atoms with Gasteiger partial charge < -0.3 is 19.7 Å². The summed E-state index contributed by atoms with van der Waals surface area (Å²) >= 11 is 0. The van der Waals surface area contributed by atoms with Crippen molar-refractivity contribution in [3.05, 3.63) is 28.8 Å². The van der Waals surface area contributed by atoms with Crippen LogP contribution in [0, 0.1) is 20.8 Å². The van der Waals surface area contributed by atoms with Crippen molar-refractivity contribution in [3.63, 3.8) is 0 Å². The molecule has 0 aromatic heterocycles. The van der Waals surface area contributed by atoms with E-state index in [0.29, 0.717) is 6.54 Å².